The zero-order chi connectivity index (χ0) is 12.7. The summed E-state index contributed by atoms with van der Waals surface area (Å²) in [5, 5.41) is 9.94. The highest BCUT2D eigenvalue weighted by Gasteiger charge is 2.17. The van der Waals surface area contributed by atoms with Crippen molar-refractivity contribution in [1.29, 1.82) is 0 Å². The first kappa shape index (κ1) is 11.1. The van der Waals surface area contributed by atoms with E-state index in [4.69, 9.17) is 4.74 Å². The Kier molecular flexibility index (Phi) is 2.60. The maximum Gasteiger partial charge on any atom is 0.174 e. The average Bonchev–Trinajstić information content (AvgIpc) is 2.96. The smallest absolute Gasteiger partial charge is 0.174 e. The quantitative estimate of drug-likeness (QED) is 0.683. The molecule has 1 aliphatic heterocycles. The van der Waals surface area contributed by atoms with Gasteiger partial charge in [-0.1, -0.05) is 18.2 Å². The average molecular weight is 271 g/mol. The van der Waals surface area contributed by atoms with E-state index in [1.807, 2.05) is 0 Å². The van der Waals surface area contributed by atoms with Crippen molar-refractivity contribution in [3.05, 3.63) is 36.2 Å². The van der Waals surface area contributed by atoms with Gasteiger partial charge in [0.1, 0.15) is 5.82 Å². The van der Waals surface area contributed by atoms with Crippen LogP contribution in [0.15, 0.2) is 30.3 Å². The van der Waals surface area contributed by atoms with E-state index in [1.54, 1.807) is 11.3 Å². The molecule has 0 amide bonds. The predicted octanol–water partition coefficient (Wildman–Crippen LogP) is 2.73. The van der Waals surface area contributed by atoms with Gasteiger partial charge in [0, 0.05) is 17.7 Å². The normalized spacial score (nSPS) is 15.4. The number of fused-ring (bicyclic) bond motifs is 2. The fourth-order valence-corrected chi connectivity index (χ4v) is 3.51. The third-order valence-corrected chi connectivity index (χ3v) is 4.51. The number of thiophene rings is 1. The highest BCUT2D eigenvalue weighted by Crippen LogP contribution is 2.32. The molecule has 0 aliphatic carbocycles. The third-order valence-electron chi connectivity index (χ3n) is 3.40. The third kappa shape index (κ3) is 1.86. The molecular formula is C14H13N3OS. The summed E-state index contributed by atoms with van der Waals surface area (Å²) in [6.07, 6.45) is 0.845. The molecule has 0 saturated carbocycles. The molecule has 0 N–H and O–H groups in total. The number of rotatable bonds is 1. The fraction of sp³-hybridized carbons (Fsp3) is 0.286. The van der Waals surface area contributed by atoms with Crippen molar-refractivity contribution >= 4 is 21.4 Å². The van der Waals surface area contributed by atoms with Crippen LogP contribution in [0.1, 0.15) is 5.82 Å². The van der Waals surface area contributed by atoms with Gasteiger partial charge in [-0.2, -0.15) is 0 Å². The van der Waals surface area contributed by atoms with Crippen molar-refractivity contribution < 1.29 is 4.74 Å². The van der Waals surface area contributed by atoms with Crippen LogP contribution in [0.2, 0.25) is 0 Å². The Bertz CT molecular complexity index is 698. The molecule has 3 heterocycles. The molecule has 0 saturated heterocycles. The molecule has 1 aliphatic rings. The van der Waals surface area contributed by atoms with Crippen LogP contribution < -0.4 is 0 Å². The van der Waals surface area contributed by atoms with E-state index in [2.05, 4.69) is 45.1 Å². The van der Waals surface area contributed by atoms with E-state index in [1.165, 1.54) is 15.0 Å². The van der Waals surface area contributed by atoms with Gasteiger partial charge in [-0.25, -0.2) is 0 Å². The Balaban J connectivity index is 1.85. The lowest BCUT2D eigenvalue weighted by atomic mass is 10.2. The molecule has 0 radical (unpaired) electrons. The molecule has 0 bridgehead atoms. The molecule has 0 spiro atoms. The number of benzene rings is 1. The van der Waals surface area contributed by atoms with Crippen LogP contribution in [0.5, 0.6) is 0 Å². The molecule has 3 aromatic rings. The van der Waals surface area contributed by atoms with Gasteiger partial charge in [-0.3, -0.25) is 0 Å². The highest BCUT2D eigenvalue weighted by atomic mass is 32.1. The van der Waals surface area contributed by atoms with E-state index in [9.17, 15) is 0 Å². The van der Waals surface area contributed by atoms with E-state index < -0.39 is 0 Å². The maximum atomic E-state index is 5.50. The van der Waals surface area contributed by atoms with Crippen molar-refractivity contribution in [2.45, 2.75) is 13.0 Å². The highest BCUT2D eigenvalue weighted by molar-refractivity contribution is 7.22. The monoisotopic (exact) mass is 271 g/mol. The molecule has 4 rings (SSSR count). The van der Waals surface area contributed by atoms with E-state index >= 15 is 0 Å². The van der Waals surface area contributed by atoms with Gasteiger partial charge >= 0.3 is 0 Å². The number of nitrogens with zero attached hydrogens (tertiary/aromatic N) is 3. The van der Waals surface area contributed by atoms with Crippen LogP contribution in [0, 0.1) is 0 Å². The summed E-state index contributed by atoms with van der Waals surface area (Å²) in [7, 11) is 0. The van der Waals surface area contributed by atoms with E-state index in [-0.39, 0.29) is 0 Å². The second-order valence-corrected chi connectivity index (χ2v) is 5.69. The SMILES string of the molecule is c1ccc2sc(-c3nnc4n3CCOCC4)cc2c1. The van der Waals surface area contributed by atoms with Crippen molar-refractivity contribution in [2.75, 3.05) is 13.2 Å². The first-order valence-electron chi connectivity index (χ1n) is 6.40. The zero-order valence-corrected chi connectivity index (χ0v) is 11.2. The number of hydrogen-bond donors (Lipinski definition) is 0. The lowest BCUT2D eigenvalue weighted by molar-refractivity contribution is 0.140. The van der Waals surface area contributed by atoms with E-state index in [0.29, 0.717) is 0 Å². The molecule has 4 nitrogen and oxygen atoms in total. The Morgan fingerprint density at radius 1 is 1.16 bits per heavy atom. The summed E-state index contributed by atoms with van der Waals surface area (Å²) < 4.78 is 8.98. The topological polar surface area (TPSA) is 39.9 Å². The molecular weight excluding hydrogens is 258 g/mol. The van der Waals surface area contributed by atoms with Gasteiger partial charge in [0.15, 0.2) is 5.82 Å². The summed E-state index contributed by atoms with van der Waals surface area (Å²) in [5.41, 5.74) is 0. The number of ether oxygens (including phenoxy) is 1. The molecule has 0 atom stereocenters. The first-order chi connectivity index (χ1) is 9.42. The summed E-state index contributed by atoms with van der Waals surface area (Å²) >= 11 is 1.77. The zero-order valence-electron chi connectivity index (χ0n) is 10.4. The lowest BCUT2D eigenvalue weighted by Crippen LogP contribution is -2.05. The molecule has 19 heavy (non-hydrogen) atoms. The van der Waals surface area contributed by atoms with Gasteiger partial charge in [0.05, 0.1) is 18.1 Å². The van der Waals surface area contributed by atoms with Gasteiger partial charge in [0.25, 0.3) is 0 Å². The standard InChI is InChI=1S/C14H13N3OS/c1-2-4-11-10(3-1)9-12(19-11)14-16-15-13-5-7-18-8-6-17(13)14/h1-4,9H,5-8H2. The van der Waals surface area contributed by atoms with Gasteiger partial charge in [0.2, 0.25) is 0 Å². The summed E-state index contributed by atoms with van der Waals surface area (Å²) in [6, 6.07) is 10.6. The van der Waals surface area contributed by atoms with Crippen molar-refractivity contribution in [3.8, 4) is 10.7 Å². The largest absolute Gasteiger partial charge is 0.379 e. The lowest BCUT2D eigenvalue weighted by Gasteiger charge is -2.03. The van der Waals surface area contributed by atoms with Crippen molar-refractivity contribution in [3.63, 3.8) is 0 Å². The van der Waals surface area contributed by atoms with Crippen LogP contribution in [0.3, 0.4) is 0 Å². The van der Waals surface area contributed by atoms with Crippen molar-refractivity contribution in [1.82, 2.24) is 14.8 Å². The first-order valence-corrected chi connectivity index (χ1v) is 7.22. The Hall–Kier alpha value is -1.72. The molecule has 5 heteroatoms. The minimum atomic E-state index is 0.739. The molecule has 0 fully saturated rings. The summed E-state index contributed by atoms with van der Waals surface area (Å²) in [5.74, 6) is 2.01. The molecule has 1 aromatic carbocycles. The van der Waals surface area contributed by atoms with E-state index in [0.717, 1.165) is 37.8 Å². The van der Waals surface area contributed by atoms with Crippen LogP contribution >= 0.6 is 11.3 Å². The minimum absolute atomic E-state index is 0.739. The number of aromatic nitrogens is 3. The van der Waals surface area contributed by atoms with Gasteiger partial charge in [-0.05, 0) is 17.5 Å². The Labute approximate surface area is 114 Å². The van der Waals surface area contributed by atoms with Crippen LogP contribution in [0.4, 0.5) is 0 Å². The molecule has 0 unspecified atom stereocenters. The van der Waals surface area contributed by atoms with Gasteiger partial charge in [-0.15, -0.1) is 21.5 Å². The molecule has 2 aromatic heterocycles. The second kappa shape index (κ2) is 4.43. The molecule has 96 valence electrons. The minimum Gasteiger partial charge on any atom is -0.379 e. The number of hydrogen-bond acceptors (Lipinski definition) is 4. The fourth-order valence-electron chi connectivity index (χ4n) is 2.45. The van der Waals surface area contributed by atoms with Crippen LogP contribution in [0.25, 0.3) is 20.8 Å². The predicted molar refractivity (Wildman–Crippen MR) is 75.4 cm³/mol. The Morgan fingerprint density at radius 3 is 3.05 bits per heavy atom. The van der Waals surface area contributed by atoms with Crippen LogP contribution in [-0.4, -0.2) is 28.0 Å². The Morgan fingerprint density at radius 2 is 2.11 bits per heavy atom. The van der Waals surface area contributed by atoms with Crippen LogP contribution in [-0.2, 0) is 17.7 Å². The maximum absolute atomic E-state index is 5.50. The van der Waals surface area contributed by atoms with Crippen molar-refractivity contribution in [2.24, 2.45) is 0 Å². The second-order valence-electron chi connectivity index (χ2n) is 4.60. The summed E-state index contributed by atoms with van der Waals surface area (Å²) in [4.78, 5) is 1.18. The summed E-state index contributed by atoms with van der Waals surface area (Å²) in [6.45, 7) is 2.32. The van der Waals surface area contributed by atoms with Gasteiger partial charge < -0.3 is 9.30 Å².